The second kappa shape index (κ2) is 5.65. The zero-order valence-electron chi connectivity index (χ0n) is 10.6. The fourth-order valence-electron chi connectivity index (χ4n) is 2.55. The van der Waals surface area contributed by atoms with Crippen LogP contribution < -0.4 is 5.32 Å². The van der Waals surface area contributed by atoms with Crippen LogP contribution in [0.2, 0.25) is 0 Å². The molecule has 1 aromatic rings. The molecule has 1 aliphatic rings. The van der Waals surface area contributed by atoms with Gasteiger partial charge in [0.15, 0.2) is 0 Å². The average molecular weight is 269 g/mol. The summed E-state index contributed by atoms with van der Waals surface area (Å²) in [4.78, 5) is 11.8. The van der Waals surface area contributed by atoms with Gasteiger partial charge in [-0.05, 0) is 25.0 Å². The first-order valence-corrected chi connectivity index (χ1v) is 6.40. The van der Waals surface area contributed by atoms with Crippen LogP contribution in [-0.2, 0) is 0 Å². The summed E-state index contributed by atoms with van der Waals surface area (Å²) in [7, 11) is 0. The molecule has 1 aromatic carbocycles. The van der Waals surface area contributed by atoms with Gasteiger partial charge in [-0.3, -0.25) is 4.79 Å². The van der Waals surface area contributed by atoms with E-state index in [9.17, 15) is 18.7 Å². The van der Waals surface area contributed by atoms with Gasteiger partial charge in [-0.1, -0.05) is 12.8 Å². The number of benzene rings is 1. The molecule has 0 aromatic heterocycles. The van der Waals surface area contributed by atoms with Crippen molar-refractivity contribution >= 4 is 5.91 Å². The van der Waals surface area contributed by atoms with Crippen molar-refractivity contribution in [3.05, 3.63) is 35.4 Å². The van der Waals surface area contributed by atoms with Crippen molar-refractivity contribution in [1.29, 1.82) is 0 Å². The fraction of sp³-hybridized carbons (Fsp3) is 0.500. The monoisotopic (exact) mass is 269 g/mol. The van der Waals surface area contributed by atoms with E-state index < -0.39 is 17.5 Å². The third-order valence-electron chi connectivity index (χ3n) is 3.80. The molecular formula is C14H17F2NO2. The van der Waals surface area contributed by atoms with Gasteiger partial charge < -0.3 is 10.4 Å². The smallest absolute Gasteiger partial charge is 0.254 e. The maximum Gasteiger partial charge on any atom is 0.254 e. The molecule has 0 radical (unpaired) electrons. The summed E-state index contributed by atoms with van der Waals surface area (Å²) in [5, 5.41) is 12.0. The average Bonchev–Trinajstić information content (AvgIpc) is 2.85. The number of aliphatic hydroxyl groups excluding tert-OH is 1. The second-order valence-electron chi connectivity index (χ2n) is 5.17. The highest BCUT2D eigenvalue weighted by molar-refractivity contribution is 5.94. The predicted octanol–water partition coefficient (Wildman–Crippen LogP) is 2.25. The molecule has 2 rings (SSSR count). The van der Waals surface area contributed by atoms with Crippen LogP contribution in [0.4, 0.5) is 8.78 Å². The van der Waals surface area contributed by atoms with E-state index in [2.05, 4.69) is 5.32 Å². The van der Waals surface area contributed by atoms with Gasteiger partial charge in [0, 0.05) is 18.0 Å². The van der Waals surface area contributed by atoms with Crippen LogP contribution in [0.25, 0.3) is 0 Å². The van der Waals surface area contributed by atoms with Crippen LogP contribution in [-0.4, -0.2) is 24.2 Å². The van der Waals surface area contributed by atoms with Crippen LogP contribution in [0.5, 0.6) is 0 Å². The lowest BCUT2D eigenvalue weighted by Crippen LogP contribution is -2.38. The van der Waals surface area contributed by atoms with Gasteiger partial charge >= 0.3 is 0 Å². The fourth-order valence-corrected chi connectivity index (χ4v) is 2.55. The van der Waals surface area contributed by atoms with E-state index in [4.69, 9.17) is 0 Å². The largest absolute Gasteiger partial charge is 0.396 e. The summed E-state index contributed by atoms with van der Waals surface area (Å²) < 4.78 is 26.2. The lowest BCUT2D eigenvalue weighted by Gasteiger charge is -2.26. The van der Waals surface area contributed by atoms with Gasteiger partial charge in [-0.2, -0.15) is 0 Å². The van der Waals surface area contributed by atoms with Crippen LogP contribution in [0.15, 0.2) is 18.2 Å². The van der Waals surface area contributed by atoms with Crippen LogP contribution in [0, 0.1) is 17.0 Å². The normalized spacial score (nSPS) is 17.4. The molecule has 0 heterocycles. The van der Waals surface area contributed by atoms with Gasteiger partial charge in [0.2, 0.25) is 0 Å². The van der Waals surface area contributed by atoms with Crippen molar-refractivity contribution in [3.63, 3.8) is 0 Å². The van der Waals surface area contributed by atoms with E-state index in [1.807, 2.05) is 0 Å². The molecule has 1 saturated carbocycles. The lowest BCUT2D eigenvalue weighted by atomic mass is 9.87. The Kier molecular flexibility index (Phi) is 4.14. The Hall–Kier alpha value is -1.49. The van der Waals surface area contributed by atoms with Gasteiger partial charge in [0.25, 0.3) is 5.91 Å². The van der Waals surface area contributed by atoms with E-state index in [0.29, 0.717) is 12.6 Å². The highest BCUT2D eigenvalue weighted by Crippen LogP contribution is 2.36. The van der Waals surface area contributed by atoms with Crippen molar-refractivity contribution in [2.24, 2.45) is 5.41 Å². The number of amides is 1. The summed E-state index contributed by atoms with van der Waals surface area (Å²) in [6.45, 7) is 0.332. The Morgan fingerprint density at radius 1 is 1.32 bits per heavy atom. The highest BCUT2D eigenvalue weighted by Gasteiger charge is 2.33. The first-order valence-electron chi connectivity index (χ1n) is 6.40. The Morgan fingerprint density at radius 2 is 2.00 bits per heavy atom. The standard InChI is InChI=1S/C14H17F2NO2/c15-10-3-4-11(12(16)7-10)13(19)17-8-14(9-18)5-1-2-6-14/h3-4,7,18H,1-2,5-6,8-9H2,(H,17,19). The maximum absolute atomic E-state index is 13.4. The van der Waals surface area contributed by atoms with Crippen molar-refractivity contribution in [1.82, 2.24) is 5.32 Å². The molecule has 19 heavy (non-hydrogen) atoms. The van der Waals surface area contributed by atoms with Gasteiger partial charge in [0.05, 0.1) is 12.2 Å². The minimum Gasteiger partial charge on any atom is -0.396 e. The minimum absolute atomic E-state index is 0.0131. The van der Waals surface area contributed by atoms with Crippen molar-refractivity contribution < 1.29 is 18.7 Å². The summed E-state index contributed by atoms with van der Waals surface area (Å²) in [5.41, 5.74) is -0.459. The minimum atomic E-state index is -0.873. The third-order valence-corrected chi connectivity index (χ3v) is 3.80. The van der Waals surface area contributed by atoms with Crippen LogP contribution in [0.3, 0.4) is 0 Å². The highest BCUT2D eigenvalue weighted by atomic mass is 19.1. The summed E-state index contributed by atoms with van der Waals surface area (Å²) in [6.07, 6.45) is 3.77. The number of carbonyl (C=O) groups excluding carboxylic acids is 1. The number of carbonyl (C=O) groups is 1. The molecule has 0 spiro atoms. The molecule has 1 aliphatic carbocycles. The number of hydrogen-bond acceptors (Lipinski definition) is 2. The topological polar surface area (TPSA) is 49.3 Å². The van der Waals surface area contributed by atoms with E-state index in [1.165, 1.54) is 0 Å². The first-order chi connectivity index (χ1) is 9.06. The molecule has 0 bridgehead atoms. The first kappa shape index (κ1) is 13.9. The molecule has 2 N–H and O–H groups in total. The number of rotatable bonds is 4. The molecule has 0 aliphatic heterocycles. The zero-order valence-corrected chi connectivity index (χ0v) is 10.6. The Balaban J connectivity index is 2.01. The quantitative estimate of drug-likeness (QED) is 0.880. The SMILES string of the molecule is O=C(NCC1(CO)CCCC1)c1ccc(F)cc1F. The van der Waals surface area contributed by atoms with E-state index in [-0.39, 0.29) is 17.6 Å². The second-order valence-corrected chi connectivity index (χ2v) is 5.17. The van der Waals surface area contributed by atoms with Gasteiger partial charge in [-0.15, -0.1) is 0 Å². The molecular weight excluding hydrogens is 252 g/mol. The molecule has 0 unspecified atom stereocenters. The van der Waals surface area contributed by atoms with Gasteiger partial charge in [-0.25, -0.2) is 8.78 Å². The Bertz CT molecular complexity index is 471. The Morgan fingerprint density at radius 3 is 2.58 bits per heavy atom. The molecule has 104 valence electrons. The lowest BCUT2D eigenvalue weighted by molar-refractivity contribution is 0.0877. The summed E-state index contributed by atoms with van der Waals surface area (Å²) in [6, 6.07) is 2.86. The van der Waals surface area contributed by atoms with Crippen molar-refractivity contribution in [3.8, 4) is 0 Å². The number of nitrogens with one attached hydrogen (secondary N) is 1. The van der Waals surface area contributed by atoms with E-state index in [1.54, 1.807) is 0 Å². The number of aliphatic hydroxyl groups is 1. The van der Waals surface area contributed by atoms with Gasteiger partial charge in [0.1, 0.15) is 11.6 Å². The van der Waals surface area contributed by atoms with Crippen LogP contribution in [0.1, 0.15) is 36.0 Å². The third kappa shape index (κ3) is 3.10. The molecule has 1 fully saturated rings. The van der Waals surface area contributed by atoms with Crippen molar-refractivity contribution in [2.75, 3.05) is 13.2 Å². The van der Waals surface area contributed by atoms with E-state index >= 15 is 0 Å². The van der Waals surface area contributed by atoms with E-state index in [0.717, 1.165) is 37.8 Å². The number of halogens is 2. The maximum atomic E-state index is 13.4. The molecule has 0 saturated heterocycles. The molecule has 5 heteroatoms. The zero-order chi connectivity index (χ0) is 13.9. The predicted molar refractivity (Wildman–Crippen MR) is 66.7 cm³/mol. The number of hydrogen-bond donors (Lipinski definition) is 2. The molecule has 1 amide bonds. The Labute approximate surface area is 110 Å². The molecule has 3 nitrogen and oxygen atoms in total. The van der Waals surface area contributed by atoms with Crippen molar-refractivity contribution in [2.45, 2.75) is 25.7 Å². The molecule has 0 atom stereocenters. The summed E-state index contributed by atoms with van der Waals surface area (Å²) >= 11 is 0. The summed E-state index contributed by atoms with van der Waals surface area (Å²) in [5.74, 6) is -2.16. The van der Waals surface area contributed by atoms with Crippen LogP contribution >= 0.6 is 0 Å².